The minimum absolute atomic E-state index is 0.160. The molecule has 4 aromatic carbocycles. The smallest absolute Gasteiger partial charge is 0.367 e. The van der Waals surface area contributed by atoms with Gasteiger partial charge in [-0.1, -0.05) is 66.7 Å². The van der Waals surface area contributed by atoms with Crippen LogP contribution in [0.15, 0.2) is 97.1 Å². The van der Waals surface area contributed by atoms with Crippen LogP contribution in [0.25, 0.3) is 4.85 Å². The zero-order valence-electron chi connectivity index (χ0n) is 34.3. The fourth-order valence-corrected chi connectivity index (χ4v) is 11.4. The third kappa shape index (κ3) is 6.52. The normalized spacial score (nSPS) is 31.2. The standard InChI is InChI=1S/2C24H19F3N2O3/c1-22-10-11-23(32-22,13-14-6-4-3-5-7-14)19-18(22)20(30)29(21(19)31)15-8-9-17(28-2)16(12-15)24(25,26)27;1-22-9-10-23(32-22,12-14-5-3-2-4-6-14)19-18(22)20(30)29(21(19)31)16-8-7-15(13-28)17(11-16)24(25,26)27/h3-9,12,18-19H,10-11,13H2,1H3;2-8,11,18-19H,9-10,12H2,1H3/t2*18-,19+,22?,23?/m10/s1. The molecule has 4 unspecified atom stereocenters. The topological polar surface area (TPSA) is 121 Å². The van der Waals surface area contributed by atoms with Gasteiger partial charge in [-0.2, -0.15) is 31.6 Å². The molecule has 10 rings (SSSR count). The van der Waals surface area contributed by atoms with Crippen LogP contribution in [0.1, 0.15) is 67.3 Å². The van der Waals surface area contributed by atoms with Crippen molar-refractivity contribution in [1.29, 1.82) is 5.26 Å². The maximum Gasteiger partial charge on any atom is 0.417 e. The van der Waals surface area contributed by atoms with Gasteiger partial charge in [-0.15, -0.1) is 0 Å². The minimum Gasteiger partial charge on any atom is -0.367 e. The van der Waals surface area contributed by atoms with E-state index < -0.39 is 104 Å². The molecule has 0 radical (unpaired) electrons. The van der Waals surface area contributed by atoms with Gasteiger partial charge in [0.1, 0.15) is 0 Å². The number of imide groups is 2. The Labute approximate surface area is 363 Å². The van der Waals surface area contributed by atoms with Crippen molar-refractivity contribution >= 4 is 40.7 Å². The van der Waals surface area contributed by atoms with E-state index in [4.69, 9.17) is 21.3 Å². The van der Waals surface area contributed by atoms with Gasteiger partial charge in [0, 0.05) is 18.5 Å². The number of fused-ring (bicyclic) bond motifs is 10. The molecule has 328 valence electrons. The van der Waals surface area contributed by atoms with E-state index in [1.165, 1.54) is 18.2 Å². The Bertz CT molecular complexity index is 2530. The van der Waals surface area contributed by atoms with E-state index in [-0.39, 0.29) is 11.4 Å². The fraction of sp³-hybridized carbons (Fsp3) is 0.375. The van der Waals surface area contributed by atoms with E-state index in [0.29, 0.717) is 44.6 Å². The van der Waals surface area contributed by atoms with Gasteiger partial charge in [-0.3, -0.25) is 19.2 Å². The second-order valence-electron chi connectivity index (χ2n) is 17.9. The molecule has 6 heterocycles. The first-order chi connectivity index (χ1) is 30.2. The van der Waals surface area contributed by atoms with Crippen LogP contribution in [0.4, 0.5) is 43.4 Å². The SMILES string of the molecule is CC12CCC(Cc3ccccc3)(O1)[C@H]1C(=O)N(c3ccc(C#N)c(C(F)(F)F)c3)C(=O)[C@H]12.[C-]#[N+]c1ccc(N2C(=O)[C@@H]3[C@H](C2=O)C2(C)CCC3(Cc3ccccc3)O2)cc1C(F)(F)F. The second kappa shape index (κ2) is 14.6. The Morgan fingerprint density at radius 3 is 1.44 bits per heavy atom. The number of alkyl halides is 6. The number of nitrogens with zero attached hydrogens (tertiary/aromatic N) is 4. The fourth-order valence-electron chi connectivity index (χ4n) is 11.4. The monoisotopic (exact) mass is 880 g/mol. The molecule has 4 amide bonds. The third-order valence-corrected chi connectivity index (χ3v) is 14.1. The molecule has 0 N–H and O–H groups in total. The van der Waals surface area contributed by atoms with Gasteiger partial charge in [-0.05, 0) is 81.0 Å². The highest BCUT2D eigenvalue weighted by Crippen LogP contribution is 2.64. The predicted octanol–water partition coefficient (Wildman–Crippen LogP) is 9.17. The minimum atomic E-state index is -4.79. The first kappa shape index (κ1) is 42.9. The Balaban J connectivity index is 0.000000162. The Morgan fingerprint density at radius 1 is 0.625 bits per heavy atom. The summed E-state index contributed by atoms with van der Waals surface area (Å²) in [5.41, 5.74) is -5.28. The summed E-state index contributed by atoms with van der Waals surface area (Å²) < 4.78 is 93.6. The zero-order chi connectivity index (χ0) is 45.8. The highest BCUT2D eigenvalue weighted by atomic mass is 19.4. The number of nitriles is 1. The number of halogens is 6. The molecule has 6 aliphatic rings. The van der Waals surface area contributed by atoms with Crippen LogP contribution in [0.5, 0.6) is 0 Å². The van der Waals surface area contributed by atoms with Crippen molar-refractivity contribution in [2.75, 3.05) is 9.80 Å². The van der Waals surface area contributed by atoms with Crippen LogP contribution in [0, 0.1) is 41.6 Å². The van der Waals surface area contributed by atoms with Crippen molar-refractivity contribution in [1.82, 2.24) is 0 Å². The molecular weight excluding hydrogens is 843 g/mol. The van der Waals surface area contributed by atoms with Crippen LogP contribution in [-0.2, 0) is 53.8 Å². The van der Waals surface area contributed by atoms with Crippen molar-refractivity contribution in [2.24, 2.45) is 23.7 Å². The van der Waals surface area contributed by atoms with Crippen LogP contribution in [-0.4, -0.2) is 46.0 Å². The van der Waals surface area contributed by atoms with Gasteiger partial charge in [0.25, 0.3) is 0 Å². The van der Waals surface area contributed by atoms with Gasteiger partial charge in [0.2, 0.25) is 23.6 Å². The zero-order valence-corrected chi connectivity index (χ0v) is 34.3. The number of hydrogen-bond donors (Lipinski definition) is 0. The average molecular weight is 881 g/mol. The lowest BCUT2D eigenvalue weighted by Gasteiger charge is -2.31. The van der Waals surface area contributed by atoms with Gasteiger partial charge < -0.3 is 9.47 Å². The summed E-state index contributed by atoms with van der Waals surface area (Å²) >= 11 is 0. The van der Waals surface area contributed by atoms with Crippen LogP contribution in [0.3, 0.4) is 0 Å². The van der Waals surface area contributed by atoms with Crippen molar-refractivity contribution in [2.45, 2.75) is 87.1 Å². The summed E-state index contributed by atoms with van der Waals surface area (Å²) in [5.74, 6) is -5.20. The number of anilines is 2. The molecule has 6 saturated heterocycles. The van der Waals surface area contributed by atoms with Gasteiger partial charge in [-0.25, -0.2) is 14.6 Å². The summed E-state index contributed by atoms with van der Waals surface area (Å²) in [6.45, 7) is 10.6. The van der Waals surface area contributed by atoms with Crippen LogP contribution in [0.2, 0.25) is 0 Å². The molecule has 10 nitrogen and oxygen atoms in total. The molecule has 0 aliphatic carbocycles. The van der Waals surface area contributed by atoms with E-state index in [2.05, 4.69) is 4.85 Å². The third-order valence-electron chi connectivity index (χ3n) is 14.1. The highest BCUT2D eigenvalue weighted by Gasteiger charge is 2.75. The lowest BCUT2D eigenvalue weighted by Crippen LogP contribution is -2.43. The van der Waals surface area contributed by atoms with Gasteiger partial charge in [0.05, 0.1) is 81.1 Å². The number of benzene rings is 4. The molecular formula is C48H38F6N4O6. The predicted molar refractivity (Wildman–Crippen MR) is 216 cm³/mol. The molecule has 0 aromatic heterocycles. The first-order valence-electron chi connectivity index (χ1n) is 20.6. The lowest BCUT2D eigenvalue weighted by atomic mass is 9.66. The number of carbonyl (C=O) groups excluding carboxylic acids is 4. The van der Waals surface area contributed by atoms with Crippen molar-refractivity contribution in [3.05, 3.63) is 136 Å². The van der Waals surface area contributed by atoms with Crippen molar-refractivity contribution < 1.29 is 55.0 Å². The molecule has 16 heteroatoms. The Morgan fingerprint density at radius 2 is 1.03 bits per heavy atom. The molecule has 64 heavy (non-hydrogen) atoms. The summed E-state index contributed by atoms with van der Waals surface area (Å²) in [6.07, 6.45) is -6.30. The lowest BCUT2D eigenvalue weighted by molar-refractivity contribution is -0.138. The molecule has 6 aliphatic heterocycles. The number of ether oxygens (including phenoxy) is 2. The van der Waals surface area contributed by atoms with E-state index >= 15 is 0 Å². The quantitative estimate of drug-likeness (QED) is 0.108. The molecule has 0 spiro atoms. The van der Waals surface area contributed by atoms with Crippen LogP contribution >= 0.6 is 0 Å². The number of amides is 4. The maximum atomic E-state index is 13.5. The summed E-state index contributed by atoms with van der Waals surface area (Å²) in [4.78, 5) is 58.5. The van der Waals surface area contributed by atoms with E-state index in [1.807, 2.05) is 67.6 Å². The highest BCUT2D eigenvalue weighted by molar-refractivity contribution is 6.24. The average Bonchev–Trinajstić information content (AvgIpc) is 4.05. The van der Waals surface area contributed by atoms with Gasteiger partial charge in [0.15, 0.2) is 5.69 Å². The largest absolute Gasteiger partial charge is 0.417 e. The molecule has 8 atom stereocenters. The second-order valence-corrected chi connectivity index (χ2v) is 17.9. The first-order valence-corrected chi connectivity index (χ1v) is 20.6. The van der Waals surface area contributed by atoms with E-state index in [0.717, 1.165) is 39.1 Å². The summed E-state index contributed by atoms with van der Waals surface area (Å²) in [7, 11) is 0. The van der Waals surface area contributed by atoms with Crippen LogP contribution < -0.4 is 9.80 Å². The van der Waals surface area contributed by atoms with Crippen molar-refractivity contribution in [3.63, 3.8) is 0 Å². The Kier molecular flexibility index (Phi) is 9.78. The summed E-state index contributed by atoms with van der Waals surface area (Å²) in [6, 6.07) is 26.4. The maximum absolute atomic E-state index is 13.5. The number of carbonyl (C=O) groups is 4. The summed E-state index contributed by atoms with van der Waals surface area (Å²) in [5, 5.41) is 9.04. The van der Waals surface area contributed by atoms with E-state index in [1.54, 1.807) is 6.92 Å². The molecule has 0 saturated carbocycles. The number of hydrogen-bond acceptors (Lipinski definition) is 7. The van der Waals surface area contributed by atoms with Crippen molar-refractivity contribution in [3.8, 4) is 6.07 Å². The molecule has 4 bridgehead atoms. The molecule has 4 aromatic rings. The number of rotatable bonds is 6. The van der Waals surface area contributed by atoms with E-state index in [9.17, 15) is 45.5 Å². The van der Waals surface area contributed by atoms with Gasteiger partial charge >= 0.3 is 12.4 Å². The molecule has 6 fully saturated rings. The Hall–Kier alpha value is -6.36.